The van der Waals surface area contributed by atoms with Crippen molar-refractivity contribution in [3.05, 3.63) is 60.1 Å². The summed E-state index contributed by atoms with van der Waals surface area (Å²) in [5.74, 6) is -0.224. The molecule has 0 bridgehead atoms. The molecule has 2 heterocycles. The Bertz CT molecular complexity index is 827. The number of nitrogens with one attached hydrogen (secondary N) is 1. The maximum atomic E-state index is 13.2. The van der Waals surface area contributed by atoms with E-state index in [-0.39, 0.29) is 23.6 Å². The van der Waals surface area contributed by atoms with E-state index < -0.39 is 6.04 Å². The van der Waals surface area contributed by atoms with E-state index >= 15 is 0 Å². The molecule has 2 aromatic rings. The van der Waals surface area contributed by atoms with Gasteiger partial charge in [0.15, 0.2) is 5.76 Å². The number of hydrogen-bond donors (Lipinski definition) is 1. The monoisotopic (exact) mass is 397 g/mol. The summed E-state index contributed by atoms with van der Waals surface area (Å²) >= 11 is 0. The number of hydrogen-bond acceptors (Lipinski definition) is 4. The van der Waals surface area contributed by atoms with Gasteiger partial charge in [0.1, 0.15) is 6.04 Å². The first kappa shape index (κ1) is 20.6. The van der Waals surface area contributed by atoms with E-state index in [1.165, 1.54) is 6.26 Å². The molecule has 0 spiro atoms. The molecular formula is C22H27N3O4. The second-order valence-corrected chi connectivity index (χ2v) is 7.30. The molecule has 1 N–H and O–H groups in total. The molecule has 1 aliphatic heterocycles. The summed E-state index contributed by atoms with van der Waals surface area (Å²) in [6.45, 7) is 5.69. The van der Waals surface area contributed by atoms with Crippen molar-refractivity contribution in [1.29, 1.82) is 0 Å². The van der Waals surface area contributed by atoms with Gasteiger partial charge in [0.05, 0.1) is 6.26 Å². The number of furan rings is 1. The molecule has 1 aromatic carbocycles. The number of benzene rings is 1. The molecule has 29 heavy (non-hydrogen) atoms. The van der Waals surface area contributed by atoms with Crippen LogP contribution in [0.5, 0.6) is 0 Å². The normalized spacial score (nSPS) is 16.2. The summed E-state index contributed by atoms with van der Waals surface area (Å²) < 4.78 is 5.17. The lowest BCUT2D eigenvalue weighted by Crippen LogP contribution is -2.57. The van der Waals surface area contributed by atoms with Gasteiger partial charge >= 0.3 is 0 Å². The highest BCUT2D eigenvalue weighted by atomic mass is 16.3. The maximum Gasteiger partial charge on any atom is 0.289 e. The highest BCUT2D eigenvalue weighted by molar-refractivity contribution is 5.97. The van der Waals surface area contributed by atoms with Crippen molar-refractivity contribution >= 4 is 17.7 Å². The molecule has 1 aromatic heterocycles. The largest absolute Gasteiger partial charge is 0.459 e. The van der Waals surface area contributed by atoms with Crippen LogP contribution in [-0.2, 0) is 4.79 Å². The van der Waals surface area contributed by atoms with Crippen LogP contribution in [0.15, 0.2) is 53.1 Å². The number of piperazine rings is 1. The molecule has 0 aliphatic carbocycles. The fraction of sp³-hybridized carbons (Fsp3) is 0.409. The zero-order chi connectivity index (χ0) is 20.8. The zero-order valence-corrected chi connectivity index (χ0v) is 16.8. The molecule has 1 saturated heterocycles. The molecule has 1 fully saturated rings. The molecule has 2 atom stereocenters. The van der Waals surface area contributed by atoms with Crippen molar-refractivity contribution in [1.82, 2.24) is 15.1 Å². The number of nitrogens with zero attached hydrogens (tertiary/aromatic N) is 2. The van der Waals surface area contributed by atoms with Crippen molar-refractivity contribution < 1.29 is 18.8 Å². The zero-order valence-electron chi connectivity index (χ0n) is 16.8. The third kappa shape index (κ3) is 4.85. The Morgan fingerprint density at radius 1 is 1.00 bits per heavy atom. The van der Waals surface area contributed by atoms with Gasteiger partial charge < -0.3 is 19.5 Å². The standard InChI is InChI=1S/C22H27N3O4/c1-3-16(2)19(23-20(26)17-8-5-4-6-9-17)22(28)25-13-11-24(12-14-25)21(27)18-10-7-15-29-18/h4-10,15-16,19H,3,11-14H2,1-2H3,(H,23,26). The predicted molar refractivity (Wildman–Crippen MR) is 108 cm³/mol. The van der Waals surface area contributed by atoms with Crippen LogP contribution in [0.1, 0.15) is 41.2 Å². The average molecular weight is 397 g/mol. The summed E-state index contributed by atoms with van der Waals surface area (Å²) in [6.07, 6.45) is 2.24. The summed E-state index contributed by atoms with van der Waals surface area (Å²) in [6, 6.07) is 11.6. The van der Waals surface area contributed by atoms with Crippen LogP contribution in [0.3, 0.4) is 0 Å². The van der Waals surface area contributed by atoms with Gasteiger partial charge in [-0.25, -0.2) is 0 Å². The van der Waals surface area contributed by atoms with E-state index in [0.717, 1.165) is 6.42 Å². The number of amides is 3. The smallest absolute Gasteiger partial charge is 0.289 e. The van der Waals surface area contributed by atoms with Crippen molar-refractivity contribution in [2.24, 2.45) is 5.92 Å². The highest BCUT2D eigenvalue weighted by Crippen LogP contribution is 2.15. The summed E-state index contributed by atoms with van der Waals surface area (Å²) in [7, 11) is 0. The van der Waals surface area contributed by atoms with Gasteiger partial charge in [-0.1, -0.05) is 38.5 Å². The first-order valence-electron chi connectivity index (χ1n) is 9.98. The molecule has 0 radical (unpaired) electrons. The van der Waals surface area contributed by atoms with Gasteiger partial charge in [-0.3, -0.25) is 14.4 Å². The van der Waals surface area contributed by atoms with Gasteiger partial charge in [0.25, 0.3) is 11.8 Å². The number of carbonyl (C=O) groups excluding carboxylic acids is 3. The third-order valence-corrected chi connectivity index (χ3v) is 5.41. The van der Waals surface area contributed by atoms with Crippen LogP contribution in [0, 0.1) is 5.92 Å². The molecule has 7 heteroatoms. The molecule has 3 rings (SSSR count). The molecular weight excluding hydrogens is 370 g/mol. The molecule has 1 aliphatic rings. The molecule has 3 amide bonds. The Kier molecular flexibility index (Phi) is 6.69. The minimum atomic E-state index is -0.597. The van der Waals surface area contributed by atoms with Crippen LogP contribution in [0.25, 0.3) is 0 Å². The molecule has 0 saturated carbocycles. The topological polar surface area (TPSA) is 82.9 Å². The van der Waals surface area contributed by atoms with Gasteiger partial charge in [-0.2, -0.15) is 0 Å². The van der Waals surface area contributed by atoms with E-state index in [4.69, 9.17) is 4.42 Å². The molecule has 154 valence electrons. The minimum absolute atomic E-state index is 0.00191. The van der Waals surface area contributed by atoms with Crippen LogP contribution in [-0.4, -0.2) is 59.7 Å². The van der Waals surface area contributed by atoms with Gasteiger partial charge in [-0.05, 0) is 30.2 Å². The molecule has 2 unspecified atom stereocenters. The van der Waals surface area contributed by atoms with E-state index in [2.05, 4.69) is 5.32 Å². The summed E-state index contributed by atoms with van der Waals surface area (Å²) in [5.41, 5.74) is 0.530. The van der Waals surface area contributed by atoms with Crippen molar-refractivity contribution in [3.63, 3.8) is 0 Å². The Morgan fingerprint density at radius 3 is 2.24 bits per heavy atom. The van der Waals surface area contributed by atoms with Crippen molar-refractivity contribution in [3.8, 4) is 0 Å². The Balaban J connectivity index is 1.63. The van der Waals surface area contributed by atoms with E-state index in [0.29, 0.717) is 37.5 Å². The second kappa shape index (κ2) is 9.41. The highest BCUT2D eigenvalue weighted by Gasteiger charge is 2.33. The van der Waals surface area contributed by atoms with Crippen LogP contribution >= 0.6 is 0 Å². The predicted octanol–water partition coefficient (Wildman–Crippen LogP) is 2.41. The quantitative estimate of drug-likeness (QED) is 0.811. The lowest BCUT2D eigenvalue weighted by atomic mass is 9.97. The van der Waals surface area contributed by atoms with Crippen molar-refractivity contribution in [2.75, 3.05) is 26.2 Å². The third-order valence-electron chi connectivity index (χ3n) is 5.41. The van der Waals surface area contributed by atoms with Crippen LogP contribution in [0.4, 0.5) is 0 Å². The van der Waals surface area contributed by atoms with Crippen molar-refractivity contribution in [2.45, 2.75) is 26.3 Å². The SMILES string of the molecule is CCC(C)C(NC(=O)c1ccccc1)C(=O)N1CCN(C(=O)c2ccco2)CC1. The summed E-state index contributed by atoms with van der Waals surface area (Å²) in [4.78, 5) is 41.6. The van der Waals surface area contributed by atoms with E-state index in [1.54, 1.807) is 46.2 Å². The Hall–Kier alpha value is -3.09. The lowest BCUT2D eigenvalue weighted by Gasteiger charge is -2.37. The number of rotatable bonds is 6. The fourth-order valence-corrected chi connectivity index (χ4v) is 3.38. The fourth-order valence-electron chi connectivity index (χ4n) is 3.38. The van der Waals surface area contributed by atoms with Gasteiger partial charge in [-0.15, -0.1) is 0 Å². The van der Waals surface area contributed by atoms with Gasteiger partial charge in [0, 0.05) is 31.7 Å². The first-order chi connectivity index (χ1) is 14.0. The van der Waals surface area contributed by atoms with Crippen LogP contribution < -0.4 is 5.32 Å². The molecule has 7 nitrogen and oxygen atoms in total. The minimum Gasteiger partial charge on any atom is -0.459 e. The average Bonchev–Trinajstić information content (AvgIpc) is 3.31. The maximum absolute atomic E-state index is 13.2. The lowest BCUT2D eigenvalue weighted by molar-refractivity contribution is -0.136. The van der Waals surface area contributed by atoms with Crippen LogP contribution in [0.2, 0.25) is 0 Å². The summed E-state index contributed by atoms with van der Waals surface area (Å²) in [5, 5.41) is 2.91. The Morgan fingerprint density at radius 2 is 1.66 bits per heavy atom. The van der Waals surface area contributed by atoms with Gasteiger partial charge in [0.2, 0.25) is 5.91 Å². The van der Waals surface area contributed by atoms with E-state index in [9.17, 15) is 14.4 Å². The number of carbonyl (C=O) groups is 3. The second-order valence-electron chi connectivity index (χ2n) is 7.30. The first-order valence-corrected chi connectivity index (χ1v) is 9.98. The Labute approximate surface area is 170 Å². The van der Waals surface area contributed by atoms with E-state index in [1.807, 2.05) is 19.9 Å².